The number of rotatable bonds is 8. The third-order valence-electron chi connectivity index (χ3n) is 4.16. The number of nitrogens with one attached hydrogen (secondary N) is 1. The van der Waals surface area contributed by atoms with Gasteiger partial charge in [0.2, 0.25) is 5.75 Å². The average molecular weight is 353 g/mol. The Bertz CT molecular complexity index is 848. The summed E-state index contributed by atoms with van der Waals surface area (Å²) in [5.41, 5.74) is 3.22. The van der Waals surface area contributed by atoms with Gasteiger partial charge in [-0.2, -0.15) is 5.10 Å². The molecule has 3 rings (SSSR count). The van der Waals surface area contributed by atoms with Crippen molar-refractivity contribution in [2.24, 2.45) is 0 Å². The standard InChI is InChI=1S/C20H23N3O3/c1-24-18-10-9-16(19(25-2)20(18)26-3)14-21-13-15-7-4-5-8-17(15)23-12-6-11-22-23/h4-12,21H,13-14H2,1-3H3. The van der Waals surface area contributed by atoms with E-state index in [1.807, 2.05) is 41.2 Å². The van der Waals surface area contributed by atoms with E-state index in [0.717, 1.165) is 16.8 Å². The summed E-state index contributed by atoms with van der Waals surface area (Å²) in [6, 6.07) is 14.0. The minimum Gasteiger partial charge on any atom is -0.493 e. The Balaban J connectivity index is 1.75. The fourth-order valence-electron chi connectivity index (χ4n) is 2.93. The zero-order chi connectivity index (χ0) is 18.4. The van der Waals surface area contributed by atoms with Crippen LogP contribution < -0.4 is 19.5 Å². The van der Waals surface area contributed by atoms with E-state index in [9.17, 15) is 0 Å². The molecule has 0 aliphatic heterocycles. The van der Waals surface area contributed by atoms with Crippen LogP contribution in [0.1, 0.15) is 11.1 Å². The highest BCUT2D eigenvalue weighted by Crippen LogP contribution is 2.39. The minimum atomic E-state index is 0.603. The molecule has 0 saturated carbocycles. The van der Waals surface area contributed by atoms with E-state index >= 15 is 0 Å². The van der Waals surface area contributed by atoms with Crippen LogP contribution in [0.25, 0.3) is 5.69 Å². The van der Waals surface area contributed by atoms with Crippen LogP contribution in [0.2, 0.25) is 0 Å². The molecule has 0 unspecified atom stereocenters. The number of ether oxygens (including phenoxy) is 3. The number of para-hydroxylation sites is 1. The molecule has 26 heavy (non-hydrogen) atoms. The lowest BCUT2D eigenvalue weighted by molar-refractivity contribution is 0.321. The van der Waals surface area contributed by atoms with Gasteiger partial charge in [0.15, 0.2) is 11.5 Å². The van der Waals surface area contributed by atoms with Gasteiger partial charge in [0.25, 0.3) is 0 Å². The second-order valence-corrected chi connectivity index (χ2v) is 5.68. The van der Waals surface area contributed by atoms with Gasteiger partial charge in [-0.3, -0.25) is 0 Å². The van der Waals surface area contributed by atoms with Crippen LogP contribution in [0.15, 0.2) is 54.9 Å². The van der Waals surface area contributed by atoms with Gasteiger partial charge in [-0.15, -0.1) is 0 Å². The zero-order valence-corrected chi connectivity index (χ0v) is 15.2. The zero-order valence-electron chi connectivity index (χ0n) is 15.2. The first-order valence-corrected chi connectivity index (χ1v) is 8.35. The summed E-state index contributed by atoms with van der Waals surface area (Å²) in [4.78, 5) is 0. The summed E-state index contributed by atoms with van der Waals surface area (Å²) in [7, 11) is 4.85. The molecule has 1 heterocycles. The molecule has 1 N–H and O–H groups in total. The fourth-order valence-corrected chi connectivity index (χ4v) is 2.93. The predicted octanol–water partition coefficient (Wildman–Crippen LogP) is 3.19. The molecule has 1 aromatic heterocycles. The first kappa shape index (κ1) is 17.8. The number of hydrogen-bond acceptors (Lipinski definition) is 5. The van der Waals surface area contributed by atoms with E-state index in [2.05, 4.69) is 22.5 Å². The highest BCUT2D eigenvalue weighted by molar-refractivity contribution is 5.55. The smallest absolute Gasteiger partial charge is 0.203 e. The third kappa shape index (κ3) is 3.65. The molecule has 0 bridgehead atoms. The van der Waals surface area contributed by atoms with Gasteiger partial charge in [-0.25, -0.2) is 4.68 Å². The molecule has 0 aliphatic carbocycles. The summed E-state index contributed by atoms with van der Waals surface area (Å²) >= 11 is 0. The van der Waals surface area contributed by atoms with Crippen molar-refractivity contribution >= 4 is 0 Å². The number of hydrogen-bond donors (Lipinski definition) is 1. The number of aromatic nitrogens is 2. The molecule has 6 nitrogen and oxygen atoms in total. The van der Waals surface area contributed by atoms with E-state index in [1.54, 1.807) is 27.5 Å². The Hall–Kier alpha value is -2.99. The fraction of sp³-hybridized carbons (Fsp3) is 0.250. The van der Waals surface area contributed by atoms with Crippen LogP contribution in [0.5, 0.6) is 17.2 Å². The van der Waals surface area contributed by atoms with Gasteiger partial charge in [-0.1, -0.05) is 24.3 Å². The van der Waals surface area contributed by atoms with Crippen LogP contribution in [-0.2, 0) is 13.1 Å². The first-order valence-electron chi connectivity index (χ1n) is 8.35. The molecule has 0 atom stereocenters. The summed E-state index contributed by atoms with van der Waals surface area (Å²) in [5, 5.41) is 7.79. The Labute approximate surface area is 153 Å². The lowest BCUT2D eigenvalue weighted by Crippen LogP contribution is -2.15. The van der Waals surface area contributed by atoms with Crippen LogP contribution in [0.4, 0.5) is 0 Å². The molecule has 0 aliphatic rings. The van der Waals surface area contributed by atoms with Crippen molar-refractivity contribution in [1.82, 2.24) is 15.1 Å². The van der Waals surface area contributed by atoms with Crippen molar-refractivity contribution in [2.45, 2.75) is 13.1 Å². The van der Waals surface area contributed by atoms with E-state index in [4.69, 9.17) is 14.2 Å². The number of nitrogens with zero attached hydrogens (tertiary/aromatic N) is 2. The van der Waals surface area contributed by atoms with Crippen molar-refractivity contribution in [3.8, 4) is 22.9 Å². The van der Waals surface area contributed by atoms with Crippen molar-refractivity contribution in [3.05, 3.63) is 66.0 Å². The van der Waals surface area contributed by atoms with E-state index in [0.29, 0.717) is 30.3 Å². The van der Waals surface area contributed by atoms with Gasteiger partial charge in [0.1, 0.15) is 0 Å². The van der Waals surface area contributed by atoms with E-state index in [-0.39, 0.29) is 0 Å². The number of methoxy groups -OCH3 is 3. The highest BCUT2D eigenvalue weighted by atomic mass is 16.5. The van der Waals surface area contributed by atoms with Crippen LogP contribution in [0, 0.1) is 0 Å². The Morgan fingerprint density at radius 2 is 1.62 bits per heavy atom. The summed E-state index contributed by atoms with van der Waals surface area (Å²) < 4.78 is 18.2. The molecule has 0 fully saturated rings. The average Bonchev–Trinajstić information content (AvgIpc) is 3.22. The second kappa shape index (κ2) is 8.40. The highest BCUT2D eigenvalue weighted by Gasteiger charge is 2.15. The van der Waals surface area contributed by atoms with Gasteiger partial charge in [-0.05, 0) is 23.8 Å². The molecular weight excluding hydrogens is 330 g/mol. The molecule has 0 spiro atoms. The van der Waals surface area contributed by atoms with Crippen molar-refractivity contribution in [1.29, 1.82) is 0 Å². The van der Waals surface area contributed by atoms with Crippen LogP contribution in [0.3, 0.4) is 0 Å². The maximum atomic E-state index is 5.54. The van der Waals surface area contributed by atoms with Crippen molar-refractivity contribution in [2.75, 3.05) is 21.3 Å². The molecule has 0 saturated heterocycles. The Kier molecular flexibility index (Phi) is 5.76. The topological polar surface area (TPSA) is 57.5 Å². The van der Waals surface area contributed by atoms with Gasteiger partial charge in [0.05, 0.1) is 27.0 Å². The van der Waals surface area contributed by atoms with Gasteiger partial charge in [0, 0.05) is 31.0 Å². The quantitative estimate of drug-likeness (QED) is 0.674. The van der Waals surface area contributed by atoms with Gasteiger partial charge >= 0.3 is 0 Å². The molecule has 0 amide bonds. The normalized spacial score (nSPS) is 10.6. The Morgan fingerprint density at radius 3 is 2.31 bits per heavy atom. The summed E-state index contributed by atoms with van der Waals surface area (Å²) in [6.07, 6.45) is 3.72. The molecule has 0 radical (unpaired) electrons. The summed E-state index contributed by atoms with van der Waals surface area (Å²) in [5.74, 6) is 1.93. The monoisotopic (exact) mass is 353 g/mol. The largest absolute Gasteiger partial charge is 0.493 e. The molecule has 3 aromatic rings. The number of benzene rings is 2. The summed E-state index contributed by atoms with van der Waals surface area (Å²) in [6.45, 7) is 1.34. The van der Waals surface area contributed by atoms with Crippen molar-refractivity contribution in [3.63, 3.8) is 0 Å². The maximum Gasteiger partial charge on any atom is 0.203 e. The predicted molar refractivity (Wildman–Crippen MR) is 100 cm³/mol. The second-order valence-electron chi connectivity index (χ2n) is 5.68. The molecule has 136 valence electrons. The van der Waals surface area contributed by atoms with E-state index < -0.39 is 0 Å². The lowest BCUT2D eigenvalue weighted by atomic mass is 10.1. The first-order chi connectivity index (χ1) is 12.8. The van der Waals surface area contributed by atoms with E-state index in [1.165, 1.54) is 0 Å². The molecule has 6 heteroatoms. The lowest BCUT2D eigenvalue weighted by Gasteiger charge is -2.16. The van der Waals surface area contributed by atoms with Crippen molar-refractivity contribution < 1.29 is 14.2 Å². The maximum absolute atomic E-state index is 5.54. The Morgan fingerprint density at radius 1 is 0.846 bits per heavy atom. The van der Waals surface area contributed by atoms with Gasteiger partial charge < -0.3 is 19.5 Å². The molecular formula is C20H23N3O3. The van der Waals surface area contributed by atoms with Crippen LogP contribution >= 0.6 is 0 Å². The molecule has 2 aromatic carbocycles. The third-order valence-corrected chi connectivity index (χ3v) is 4.16. The minimum absolute atomic E-state index is 0.603. The SMILES string of the molecule is COc1ccc(CNCc2ccccc2-n2cccn2)c(OC)c1OC. The van der Waals surface area contributed by atoms with Crippen LogP contribution in [-0.4, -0.2) is 31.1 Å².